The molecule has 0 atom stereocenters. The van der Waals surface area contributed by atoms with E-state index < -0.39 is 5.41 Å². The summed E-state index contributed by atoms with van der Waals surface area (Å²) in [5, 5.41) is 3.61. The first kappa shape index (κ1) is 19.5. The van der Waals surface area contributed by atoms with Gasteiger partial charge in [0.2, 0.25) is 5.91 Å². The summed E-state index contributed by atoms with van der Waals surface area (Å²) in [6.07, 6.45) is 1.25. The zero-order chi connectivity index (χ0) is 20.1. The molecule has 0 spiro atoms. The van der Waals surface area contributed by atoms with Crippen LogP contribution in [-0.4, -0.2) is 19.1 Å². The van der Waals surface area contributed by atoms with E-state index in [9.17, 15) is 4.79 Å². The van der Waals surface area contributed by atoms with Crippen LogP contribution in [0.5, 0.6) is 11.5 Å². The van der Waals surface area contributed by atoms with E-state index in [-0.39, 0.29) is 5.91 Å². The van der Waals surface area contributed by atoms with Crippen LogP contribution >= 0.6 is 11.6 Å². The predicted octanol–water partition coefficient (Wildman–Crippen LogP) is 5.82. The molecule has 4 nitrogen and oxygen atoms in total. The van der Waals surface area contributed by atoms with Crippen molar-refractivity contribution in [2.24, 2.45) is 0 Å². The van der Waals surface area contributed by atoms with Gasteiger partial charge in [0, 0.05) is 18.2 Å². The van der Waals surface area contributed by atoms with Gasteiger partial charge in [-0.25, -0.2) is 0 Å². The van der Waals surface area contributed by atoms with Crippen molar-refractivity contribution in [2.75, 3.05) is 18.5 Å². The van der Waals surface area contributed by atoms with Gasteiger partial charge in [-0.15, -0.1) is 0 Å². The molecule has 0 bridgehead atoms. The first-order valence-corrected chi connectivity index (χ1v) is 10.0. The molecule has 5 heteroatoms. The Balaban J connectivity index is 1.65. The van der Waals surface area contributed by atoms with E-state index in [0.717, 1.165) is 5.56 Å². The smallest absolute Gasteiger partial charge is 0.235 e. The Morgan fingerprint density at radius 2 is 1.59 bits per heavy atom. The molecule has 1 saturated heterocycles. The minimum atomic E-state index is -0.647. The number of hydrogen-bond acceptors (Lipinski definition) is 3. The Labute approximate surface area is 175 Å². The number of benzene rings is 3. The van der Waals surface area contributed by atoms with Gasteiger partial charge in [0.25, 0.3) is 0 Å². The van der Waals surface area contributed by atoms with Gasteiger partial charge in [-0.05, 0) is 48.7 Å². The van der Waals surface area contributed by atoms with E-state index >= 15 is 0 Å². The highest BCUT2D eigenvalue weighted by Gasteiger charge is 2.41. The Kier molecular flexibility index (Phi) is 5.84. The third-order valence-electron chi connectivity index (χ3n) is 5.27. The van der Waals surface area contributed by atoms with Crippen LogP contribution in [0.3, 0.4) is 0 Å². The fourth-order valence-electron chi connectivity index (χ4n) is 3.67. The Morgan fingerprint density at radius 1 is 0.931 bits per heavy atom. The summed E-state index contributed by atoms with van der Waals surface area (Å²) in [7, 11) is 0. The lowest BCUT2D eigenvalue weighted by Crippen LogP contribution is -2.44. The molecule has 0 saturated carbocycles. The Bertz CT molecular complexity index is 970. The third-order valence-corrected chi connectivity index (χ3v) is 5.50. The number of anilines is 1. The zero-order valence-electron chi connectivity index (χ0n) is 15.9. The van der Waals surface area contributed by atoms with Crippen LogP contribution in [0.15, 0.2) is 78.9 Å². The number of nitrogens with one attached hydrogen (secondary N) is 1. The highest BCUT2D eigenvalue weighted by molar-refractivity contribution is 6.31. The number of amides is 1. The molecule has 0 radical (unpaired) electrons. The van der Waals surface area contributed by atoms with Crippen LogP contribution in [0.1, 0.15) is 18.4 Å². The van der Waals surface area contributed by atoms with Crippen molar-refractivity contribution in [3.63, 3.8) is 0 Å². The number of halogens is 1. The number of rotatable bonds is 5. The van der Waals surface area contributed by atoms with Gasteiger partial charge < -0.3 is 14.8 Å². The van der Waals surface area contributed by atoms with Gasteiger partial charge in [0.15, 0.2) is 5.75 Å². The maximum Gasteiger partial charge on any atom is 0.235 e. The minimum absolute atomic E-state index is 0.0767. The van der Waals surface area contributed by atoms with Gasteiger partial charge in [-0.3, -0.25) is 4.79 Å². The summed E-state index contributed by atoms with van der Waals surface area (Å²) in [6, 6.07) is 24.6. The molecule has 1 aliphatic rings. The van der Waals surface area contributed by atoms with Crippen LogP contribution in [-0.2, 0) is 14.9 Å². The van der Waals surface area contributed by atoms with Crippen LogP contribution in [0.4, 0.5) is 5.69 Å². The molecule has 148 valence electrons. The molecular formula is C24H22ClNO3. The highest BCUT2D eigenvalue weighted by Crippen LogP contribution is 2.38. The summed E-state index contributed by atoms with van der Waals surface area (Å²) in [5.41, 5.74) is 0.896. The van der Waals surface area contributed by atoms with Crippen LogP contribution in [0.25, 0.3) is 0 Å². The normalized spacial score (nSPS) is 15.5. The van der Waals surface area contributed by atoms with Gasteiger partial charge in [0.05, 0.1) is 11.1 Å². The second-order valence-corrected chi connectivity index (χ2v) is 7.51. The van der Waals surface area contributed by atoms with E-state index in [1.165, 1.54) is 0 Å². The van der Waals surface area contributed by atoms with E-state index in [0.29, 0.717) is 48.3 Å². The average Bonchev–Trinajstić information content (AvgIpc) is 2.77. The van der Waals surface area contributed by atoms with Crippen LogP contribution in [0.2, 0.25) is 5.02 Å². The molecule has 1 fully saturated rings. The van der Waals surface area contributed by atoms with Gasteiger partial charge in [0.1, 0.15) is 5.75 Å². The van der Waals surface area contributed by atoms with E-state index in [2.05, 4.69) is 5.32 Å². The maximum atomic E-state index is 13.5. The van der Waals surface area contributed by atoms with Crippen molar-refractivity contribution < 1.29 is 14.3 Å². The molecule has 1 heterocycles. The molecule has 29 heavy (non-hydrogen) atoms. The lowest BCUT2D eigenvalue weighted by atomic mass is 9.73. The number of carbonyl (C=O) groups excluding carboxylic acids is 1. The second kappa shape index (κ2) is 8.68. The fraction of sp³-hybridized carbons (Fsp3) is 0.208. The first-order valence-electron chi connectivity index (χ1n) is 9.65. The first-order chi connectivity index (χ1) is 14.2. The van der Waals surface area contributed by atoms with Crippen LogP contribution in [0, 0.1) is 0 Å². The third kappa shape index (κ3) is 4.29. The lowest BCUT2D eigenvalue weighted by Gasteiger charge is -2.36. The quantitative estimate of drug-likeness (QED) is 0.579. The molecule has 3 aromatic rings. The van der Waals surface area contributed by atoms with Crippen molar-refractivity contribution in [3.05, 3.63) is 89.4 Å². The number of carbonyl (C=O) groups is 1. The molecule has 1 N–H and O–H groups in total. The van der Waals surface area contributed by atoms with Crippen molar-refractivity contribution >= 4 is 23.2 Å². The van der Waals surface area contributed by atoms with Gasteiger partial charge in [-0.1, -0.05) is 60.1 Å². The molecule has 1 aliphatic heterocycles. The zero-order valence-corrected chi connectivity index (χ0v) is 16.7. The van der Waals surface area contributed by atoms with E-state index in [1.807, 2.05) is 60.7 Å². The topological polar surface area (TPSA) is 47.6 Å². The molecule has 1 amide bonds. The summed E-state index contributed by atoms with van der Waals surface area (Å²) in [6.45, 7) is 1.09. The Morgan fingerprint density at radius 3 is 2.28 bits per heavy atom. The number of hydrogen-bond donors (Lipinski definition) is 1. The highest BCUT2D eigenvalue weighted by atomic mass is 35.5. The Hall–Kier alpha value is -2.82. The second-order valence-electron chi connectivity index (χ2n) is 7.07. The van der Waals surface area contributed by atoms with E-state index in [1.54, 1.807) is 18.2 Å². The summed E-state index contributed by atoms with van der Waals surface area (Å²) in [5.74, 6) is 1.16. The fourth-order valence-corrected chi connectivity index (χ4v) is 3.84. The standard InChI is InChI=1S/C24H22ClNO3/c25-19-11-12-22(29-20-9-5-2-6-10-20)21(17-19)26-23(27)24(13-15-28-16-14-24)18-7-3-1-4-8-18/h1-12,17H,13-16H2,(H,26,27). The summed E-state index contributed by atoms with van der Waals surface area (Å²) < 4.78 is 11.5. The van der Waals surface area contributed by atoms with Gasteiger partial charge >= 0.3 is 0 Å². The molecule has 4 rings (SSSR count). The van der Waals surface area contributed by atoms with Crippen molar-refractivity contribution in [3.8, 4) is 11.5 Å². The number of para-hydroxylation sites is 1. The van der Waals surface area contributed by atoms with E-state index in [4.69, 9.17) is 21.1 Å². The van der Waals surface area contributed by atoms with Crippen molar-refractivity contribution in [1.29, 1.82) is 0 Å². The summed E-state index contributed by atoms with van der Waals surface area (Å²) >= 11 is 6.21. The monoisotopic (exact) mass is 407 g/mol. The minimum Gasteiger partial charge on any atom is -0.455 e. The summed E-state index contributed by atoms with van der Waals surface area (Å²) in [4.78, 5) is 13.5. The molecule has 0 unspecified atom stereocenters. The van der Waals surface area contributed by atoms with Crippen LogP contribution < -0.4 is 10.1 Å². The van der Waals surface area contributed by atoms with Crippen molar-refractivity contribution in [1.82, 2.24) is 0 Å². The predicted molar refractivity (Wildman–Crippen MR) is 115 cm³/mol. The number of ether oxygens (including phenoxy) is 2. The lowest BCUT2D eigenvalue weighted by molar-refractivity contribution is -0.125. The maximum absolute atomic E-state index is 13.5. The molecule has 0 aliphatic carbocycles. The molecule has 3 aromatic carbocycles. The van der Waals surface area contributed by atoms with Crippen molar-refractivity contribution in [2.45, 2.75) is 18.3 Å². The van der Waals surface area contributed by atoms with Gasteiger partial charge in [-0.2, -0.15) is 0 Å². The molecule has 0 aromatic heterocycles. The molecular weight excluding hydrogens is 386 g/mol. The largest absolute Gasteiger partial charge is 0.455 e. The average molecular weight is 408 g/mol. The SMILES string of the molecule is O=C(Nc1cc(Cl)ccc1Oc1ccccc1)C1(c2ccccc2)CCOCC1.